The molecule has 5 nitrogen and oxygen atoms in total. The predicted molar refractivity (Wildman–Crippen MR) is 111 cm³/mol. The Morgan fingerprint density at radius 3 is 2.74 bits per heavy atom. The first-order valence-electron chi connectivity index (χ1n) is 8.36. The van der Waals surface area contributed by atoms with Crippen molar-refractivity contribution in [1.29, 1.82) is 0 Å². The number of nitrogens with zero attached hydrogens (tertiary/aromatic N) is 1. The lowest BCUT2D eigenvalue weighted by molar-refractivity contribution is -0.120. The van der Waals surface area contributed by atoms with Crippen LogP contribution in [-0.2, 0) is 28.9 Å². The van der Waals surface area contributed by atoms with Crippen LogP contribution in [0.25, 0.3) is 0 Å². The highest BCUT2D eigenvalue weighted by atomic mass is 35.5. The normalized spacial score (nSPS) is 10.6. The molecule has 2 heterocycles. The molecule has 2 aromatic heterocycles. The van der Waals surface area contributed by atoms with E-state index in [9.17, 15) is 9.59 Å². The average Bonchev–Trinajstić information content (AvgIpc) is 3.27. The summed E-state index contributed by atoms with van der Waals surface area (Å²) in [6.45, 7) is 0.535. The summed E-state index contributed by atoms with van der Waals surface area (Å²) in [5.74, 6) is -0.205. The molecule has 3 aromatic rings. The quantitative estimate of drug-likeness (QED) is 0.580. The Kier molecular flexibility index (Phi) is 6.98. The van der Waals surface area contributed by atoms with Gasteiger partial charge in [0.1, 0.15) is 0 Å². The summed E-state index contributed by atoms with van der Waals surface area (Å²) in [6.07, 6.45) is 1.23. The average molecular weight is 420 g/mol. The second-order valence-corrected chi connectivity index (χ2v) is 8.18. The minimum atomic E-state index is -0.107. The molecule has 0 bridgehead atoms. The van der Waals surface area contributed by atoms with Gasteiger partial charge in [0.15, 0.2) is 5.13 Å². The number of nitrogens with one attached hydrogen (secondary N) is 2. The van der Waals surface area contributed by atoms with Crippen molar-refractivity contribution in [3.05, 3.63) is 68.3 Å². The van der Waals surface area contributed by atoms with Gasteiger partial charge in [-0.15, -0.1) is 22.7 Å². The van der Waals surface area contributed by atoms with E-state index in [1.807, 2.05) is 41.8 Å². The first-order valence-corrected chi connectivity index (χ1v) is 10.5. The maximum absolute atomic E-state index is 12.1. The van der Waals surface area contributed by atoms with Crippen molar-refractivity contribution in [3.8, 4) is 0 Å². The van der Waals surface area contributed by atoms with Crippen molar-refractivity contribution in [2.24, 2.45) is 0 Å². The van der Waals surface area contributed by atoms with E-state index in [2.05, 4.69) is 15.6 Å². The largest absolute Gasteiger partial charge is 0.355 e. The fourth-order valence-corrected chi connectivity index (χ4v) is 4.09. The highest BCUT2D eigenvalue weighted by Gasteiger charge is 2.10. The molecule has 0 aliphatic heterocycles. The monoisotopic (exact) mass is 419 g/mol. The number of amides is 2. The molecule has 3 rings (SSSR count). The van der Waals surface area contributed by atoms with Crippen molar-refractivity contribution in [2.75, 3.05) is 11.9 Å². The van der Waals surface area contributed by atoms with Crippen molar-refractivity contribution in [2.45, 2.75) is 19.3 Å². The van der Waals surface area contributed by atoms with Gasteiger partial charge in [0, 0.05) is 21.8 Å². The second-order valence-electron chi connectivity index (χ2n) is 5.85. The van der Waals surface area contributed by atoms with E-state index in [1.54, 1.807) is 16.7 Å². The summed E-state index contributed by atoms with van der Waals surface area (Å²) in [4.78, 5) is 29.4. The Morgan fingerprint density at radius 2 is 1.96 bits per heavy atom. The smallest absolute Gasteiger partial charge is 0.231 e. The van der Waals surface area contributed by atoms with E-state index in [1.165, 1.54) is 11.3 Å². The summed E-state index contributed by atoms with van der Waals surface area (Å²) < 4.78 is 0. The van der Waals surface area contributed by atoms with Crippen LogP contribution in [0.3, 0.4) is 0 Å². The molecule has 0 radical (unpaired) electrons. The summed E-state index contributed by atoms with van der Waals surface area (Å²) in [5.41, 5.74) is 1.72. The van der Waals surface area contributed by atoms with E-state index in [0.717, 1.165) is 10.4 Å². The predicted octanol–water partition coefficient (Wildman–Crippen LogP) is 3.94. The van der Waals surface area contributed by atoms with Crippen molar-refractivity contribution >= 4 is 51.2 Å². The lowest BCUT2D eigenvalue weighted by Gasteiger charge is -2.05. The molecule has 0 saturated carbocycles. The van der Waals surface area contributed by atoms with Crippen LogP contribution < -0.4 is 10.6 Å². The molecule has 1 aromatic carbocycles. The highest BCUT2D eigenvalue weighted by molar-refractivity contribution is 7.14. The number of carbonyl (C=O) groups excluding carboxylic acids is 2. The van der Waals surface area contributed by atoms with E-state index in [4.69, 9.17) is 11.6 Å². The van der Waals surface area contributed by atoms with Crippen LogP contribution in [-0.4, -0.2) is 23.3 Å². The molecule has 0 atom stereocenters. The highest BCUT2D eigenvalue weighted by Crippen LogP contribution is 2.17. The third kappa shape index (κ3) is 6.46. The van der Waals surface area contributed by atoms with Crippen molar-refractivity contribution < 1.29 is 9.59 Å². The molecule has 2 N–H and O–H groups in total. The molecule has 0 fully saturated rings. The number of halogens is 1. The standard InChI is InChI=1S/C19H18ClN3O2S2/c20-14-4-1-3-13(9-14)6-7-21-17(24)10-15-12-27-19(22-15)23-18(25)11-16-5-2-8-26-16/h1-5,8-9,12H,6-7,10-11H2,(H,21,24)(H,22,23,25). The molecule has 2 amide bonds. The van der Waals surface area contributed by atoms with Crippen LogP contribution >= 0.6 is 34.3 Å². The number of aromatic nitrogens is 1. The zero-order valence-corrected chi connectivity index (χ0v) is 16.8. The van der Waals surface area contributed by atoms with Crippen LogP contribution in [0, 0.1) is 0 Å². The zero-order valence-electron chi connectivity index (χ0n) is 14.4. The number of anilines is 1. The van der Waals surface area contributed by atoms with Gasteiger partial charge in [0.25, 0.3) is 0 Å². The van der Waals surface area contributed by atoms with Gasteiger partial charge < -0.3 is 10.6 Å². The van der Waals surface area contributed by atoms with Gasteiger partial charge in [-0.2, -0.15) is 0 Å². The molecule has 0 saturated heterocycles. The van der Waals surface area contributed by atoms with Crippen LogP contribution in [0.4, 0.5) is 5.13 Å². The Balaban J connectivity index is 1.41. The molecule has 0 spiro atoms. The number of benzene rings is 1. The van der Waals surface area contributed by atoms with Gasteiger partial charge in [-0.25, -0.2) is 4.98 Å². The van der Waals surface area contributed by atoms with E-state index < -0.39 is 0 Å². The lowest BCUT2D eigenvalue weighted by Crippen LogP contribution is -2.27. The SMILES string of the molecule is O=C(Cc1csc(NC(=O)Cc2cccs2)n1)NCCc1cccc(Cl)c1. The summed E-state index contributed by atoms with van der Waals surface area (Å²) in [5, 5.41) is 10.6. The molecule has 0 aliphatic rings. The number of rotatable bonds is 8. The third-order valence-corrected chi connectivity index (χ3v) is 5.60. The summed E-state index contributed by atoms with van der Waals surface area (Å²) >= 11 is 8.81. The number of thiazole rings is 1. The van der Waals surface area contributed by atoms with Crippen molar-refractivity contribution in [1.82, 2.24) is 10.3 Å². The van der Waals surface area contributed by atoms with Crippen LogP contribution in [0.2, 0.25) is 5.02 Å². The molecule has 27 heavy (non-hydrogen) atoms. The Labute approximate surface area is 170 Å². The fourth-order valence-electron chi connectivity index (χ4n) is 2.45. The fraction of sp³-hybridized carbons (Fsp3) is 0.211. The van der Waals surface area contributed by atoms with Crippen LogP contribution in [0.1, 0.15) is 16.1 Å². The summed E-state index contributed by atoms with van der Waals surface area (Å²) in [6, 6.07) is 11.4. The Morgan fingerprint density at radius 1 is 1.07 bits per heavy atom. The second kappa shape index (κ2) is 9.64. The summed E-state index contributed by atoms with van der Waals surface area (Å²) in [7, 11) is 0. The third-order valence-electron chi connectivity index (χ3n) is 3.68. The number of thiophene rings is 1. The van der Waals surface area contributed by atoms with Gasteiger partial charge in [-0.3, -0.25) is 9.59 Å². The Hall–Kier alpha value is -2.22. The molecular weight excluding hydrogens is 402 g/mol. The van der Waals surface area contributed by atoms with E-state index in [-0.39, 0.29) is 18.2 Å². The number of hydrogen-bond acceptors (Lipinski definition) is 5. The van der Waals surface area contributed by atoms with E-state index in [0.29, 0.717) is 35.2 Å². The topological polar surface area (TPSA) is 71.1 Å². The number of carbonyl (C=O) groups is 2. The van der Waals surface area contributed by atoms with E-state index >= 15 is 0 Å². The van der Waals surface area contributed by atoms with Gasteiger partial charge >= 0.3 is 0 Å². The van der Waals surface area contributed by atoms with Crippen LogP contribution in [0.15, 0.2) is 47.2 Å². The maximum Gasteiger partial charge on any atom is 0.231 e. The molecule has 0 aliphatic carbocycles. The minimum absolute atomic E-state index is 0.0983. The van der Waals surface area contributed by atoms with Crippen molar-refractivity contribution in [3.63, 3.8) is 0 Å². The van der Waals surface area contributed by atoms with Gasteiger partial charge in [0.2, 0.25) is 11.8 Å². The molecule has 0 unspecified atom stereocenters. The minimum Gasteiger partial charge on any atom is -0.355 e. The zero-order chi connectivity index (χ0) is 19.1. The molecule has 8 heteroatoms. The maximum atomic E-state index is 12.1. The molecule has 140 valence electrons. The number of hydrogen-bond donors (Lipinski definition) is 2. The lowest BCUT2D eigenvalue weighted by atomic mass is 10.1. The van der Waals surface area contributed by atoms with Gasteiger partial charge in [0.05, 0.1) is 18.5 Å². The van der Waals surface area contributed by atoms with Gasteiger partial charge in [-0.1, -0.05) is 29.8 Å². The first-order chi connectivity index (χ1) is 13.1. The Bertz CT molecular complexity index is 909. The van der Waals surface area contributed by atoms with Crippen LogP contribution in [0.5, 0.6) is 0 Å². The molecular formula is C19H18ClN3O2S2. The first kappa shape index (κ1) is 19.5. The van der Waals surface area contributed by atoms with Gasteiger partial charge in [-0.05, 0) is 35.6 Å².